The molecule has 0 saturated carbocycles. The van der Waals surface area contributed by atoms with Crippen LogP contribution >= 0.6 is 0 Å². The largest absolute Gasteiger partial charge is 0.496 e. The summed E-state index contributed by atoms with van der Waals surface area (Å²) in [6.45, 7) is 8.28. The van der Waals surface area contributed by atoms with Crippen LogP contribution in [0.15, 0.2) is 27.6 Å². The molecule has 25 heavy (non-hydrogen) atoms. The van der Waals surface area contributed by atoms with Gasteiger partial charge in [-0.2, -0.15) is 4.98 Å². The van der Waals surface area contributed by atoms with E-state index >= 15 is 0 Å². The van der Waals surface area contributed by atoms with Gasteiger partial charge in [0.1, 0.15) is 5.75 Å². The van der Waals surface area contributed by atoms with Gasteiger partial charge in [0, 0.05) is 12.0 Å². The summed E-state index contributed by atoms with van der Waals surface area (Å²) >= 11 is 0. The standard InChI is InChI=1S/C17H25N3O4S/c1-6-7-10-18-25(21,22)12-8-9-14(23-5)13(11-12)15-19-16(24-20-15)17(2,3)4/h8-9,11,18H,6-7,10H2,1-5H3. The van der Waals surface area contributed by atoms with Crippen molar-refractivity contribution in [1.82, 2.24) is 14.9 Å². The van der Waals surface area contributed by atoms with E-state index in [4.69, 9.17) is 9.26 Å². The quantitative estimate of drug-likeness (QED) is 0.756. The summed E-state index contributed by atoms with van der Waals surface area (Å²) in [5.74, 6) is 1.25. The minimum Gasteiger partial charge on any atom is -0.496 e. The van der Waals surface area contributed by atoms with Crippen molar-refractivity contribution in [1.29, 1.82) is 0 Å². The molecule has 2 aromatic rings. The van der Waals surface area contributed by atoms with Crippen LogP contribution in [-0.2, 0) is 15.4 Å². The summed E-state index contributed by atoms with van der Waals surface area (Å²) in [5.41, 5.74) is 0.171. The molecule has 0 amide bonds. The van der Waals surface area contributed by atoms with Crippen molar-refractivity contribution in [2.24, 2.45) is 0 Å². The van der Waals surface area contributed by atoms with Gasteiger partial charge in [0.2, 0.25) is 21.7 Å². The normalized spacial score (nSPS) is 12.4. The fourth-order valence-electron chi connectivity index (χ4n) is 2.13. The van der Waals surface area contributed by atoms with Crippen LogP contribution in [0.5, 0.6) is 5.75 Å². The van der Waals surface area contributed by atoms with Crippen LogP contribution in [0, 0.1) is 0 Å². The molecule has 2 rings (SSSR count). The summed E-state index contributed by atoms with van der Waals surface area (Å²) in [7, 11) is -2.09. The maximum atomic E-state index is 12.4. The number of hydrogen-bond acceptors (Lipinski definition) is 6. The predicted molar refractivity (Wildman–Crippen MR) is 95.1 cm³/mol. The molecule has 0 aliphatic carbocycles. The Hall–Kier alpha value is -1.93. The molecule has 8 heteroatoms. The highest BCUT2D eigenvalue weighted by molar-refractivity contribution is 7.89. The Kier molecular flexibility index (Phi) is 5.84. The molecule has 0 fully saturated rings. The lowest BCUT2D eigenvalue weighted by atomic mass is 9.97. The molecule has 1 aromatic heterocycles. The van der Waals surface area contributed by atoms with Gasteiger partial charge >= 0.3 is 0 Å². The summed E-state index contributed by atoms with van der Waals surface area (Å²) in [6.07, 6.45) is 1.69. The van der Waals surface area contributed by atoms with Gasteiger partial charge in [0.15, 0.2) is 0 Å². The first kappa shape index (κ1) is 19.4. The highest BCUT2D eigenvalue weighted by atomic mass is 32.2. The zero-order valence-electron chi connectivity index (χ0n) is 15.3. The Balaban J connectivity index is 2.42. The topological polar surface area (TPSA) is 94.3 Å². The van der Waals surface area contributed by atoms with E-state index in [1.54, 1.807) is 6.07 Å². The molecule has 0 spiro atoms. The molecular weight excluding hydrogens is 342 g/mol. The van der Waals surface area contributed by atoms with Crippen molar-refractivity contribution < 1.29 is 17.7 Å². The minimum atomic E-state index is -3.60. The molecule has 1 aromatic carbocycles. The van der Waals surface area contributed by atoms with Gasteiger partial charge in [-0.3, -0.25) is 0 Å². The van der Waals surface area contributed by atoms with E-state index in [0.29, 0.717) is 29.6 Å². The van der Waals surface area contributed by atoms with Crippen LogP contribution < -0.4 is 9.46 Å². The zero-order valence-corrected chi connectivity index (χ0v) is 16.1. The number of nitrogens with zero attached hydrogens (tertiary/aromatic N) is 2. The summed E-state index contributed by atoms with van der Waals surface area (Å²) < 4.78 is 38.1. The van der Waals surface area contributed by atoms with Crippen LogP contribution in [0.2, 0.25) is 0 Å². The molecule has 0 aliphatic heterocycles. The second kappa shape index (κ2) is 7.53. The lowest BCUT2D eigenvalue weighted by Crippen LogP contribution is -2.24. The first-order valence-corrected chi connectivity index (χ1v) is 9.69. The smallest absolute Gasteiger partial charge is 0.240 e. The van der Waals surface area contributed by atoms with Crippen LogP contribution in [0.1, 0.15) is 46.4 Å². The molecule has 7 nitrogen and oxygen atoms in total. The highest BCUT2D eigenvalue weighted by Gasteiger charge is 2.24. The third-order valence-electron chi connectivity index (χ3n) is 3.61. The number of benzene rings is 1. The lowest BCUT2D eigenvalue weighted by molar-refractivity contribution is 0.321. The second-order valence-corrected chi connectivity index (χ2v) is 8.55. The van der Waals surface area contributed by atoms with Crippen molar-refractivity contribution in [3.63, 3.8) is 0 Å². The number of unbranched alkanes of at least 4 members (excludes halogenated alkanes) is 1. The second-order valence-electron chi connectivity index (χ2n) is 6.79. The number of sulfonamides is 1. The predicted octanol–water partition coefficient (Wildman–Crippen LogP) is 3.12. The third-order valence-corrected chi connectivity index (χ3v) is 5.07. The van der Waals surface area contributed by atoms with E-state index in [9.17, 15) is 8.42 Å². The van der Waals surface area contributed by atoms with E-state index in [1.165, 1.54) is 19.2 Å². The fourth-order valence-corrected chi connectivity index (χ4v) is 3.23. The Bertz CT molecular complexity index is 823. The SMILES string of the molecule is CCCCNS(=O)(=O)c1ccc(OC)c(-c2noc(C(C)(C)C)n2)c1. The molecule has 0 unspecified atom stereocenters. The number of rotatable bonds is 7. The molecule has 1 heterocycles. The fraction of sp³-hybridized carbons (Fsp3) is 0.529. The Morgan fingerprint density at radius 2 is 2.00 bits per heavy atom. The number of aromatic nitrogens is 2. The number of ether oxygens (including phenoxy) is 1. The molecule has 0 atom stereocenters. The summed E-state index contributed by atoms with van der Waals surface area (Å²) in [4.78, 5) is 4.53. The monoisotopic (exact) mass is 367 g/mol. The molecule has 0 saturated heterocycles. The number of methoxy groups -OCH3 is 1. The third kappa shape index (κ3) is 4.58. The van der Waals surface area contributed by atoms with Gasteiger partial charge in [-0.1, -0.05) is 39.3 Å². The van der Waals surface area contributed by atoms with Crippen LogP contribution in [-0.4, -0.2) is 32.2 Å². The molecule has 0 radical (unpaired) electrons. The average Bonchev–Trinajstić information content (AvgIpc) is 3.04. The summed E-state index contributed by atoms with van der Waals surface area (Å²) in [6, 6.07) is 4.60. The Labute approximate surface area is 148 Å². The van der Waals surface area contributed by atoms with E-state index < -0.39 is 10.0 Å². The maximum Gasteiger partial charge on any atom is 0.240 e. The van der Waals surface area contributed by atoms with E-state index in [0.717, 1.165) is 12.8 Å². The van der Waals surface area contributed by atoms with E-state index in [-0.39, 0.29) is 10.3 Å². The first-order chi connectivity index (χ1) is 11.7. The van der Waals surface area contributed by atoms with Crippen LogP contribution in [0.4, 0.5) is 0 Å². The van der Waals surface area contributed by atoms with Crippen molar-refractivity contribution in [3.05, 3.63) is 24.1 Å². The van der Waals surface area contributed by atoms with Crippen molar-refractivity contribution in [3.8, 4) is 17.1 Å². The summed E-state index contributed by atoms with van der Waals surface area (Å²) in [5, 5.41) is 3.98. The Morgan fingerprint density at radius 3 is 2.56 bits per heavy atom. The first-order valence-electron chi connectivity index (χ1n) is 8.21. The van der Waals surface area contributed by atoms with Crippen molar-refractivity contribution in [2.45, 2.75) is 50.8 Å². The van der Waals surface area contributed by atoms with Gasteiger partial charge < -0.3 is 9.26 Å². The molecule has 0 aliphatic rings. The van der Waals surface area contributed by atoms with Crippen LogP contribution in [0.3, 0.4) is 0 Å². The molecule has 1 N–H and O–H groups in total. The van der Waals surface area contributed by atoms with Gasteiger partial charge in [0.25, 0.3) is 0 Å². The van der Waals surface area contributed by atoms with Crippen molar-refractivity contribution in [2.75, 3.05) is 13.7 Å². The van der Waals surface area contributed by atoms with Gasteiger partial charge in [-0.25, -0.2) is 13.1 Å². The molecule has 0 bridgehead atoms. The highest BCUT2D eigenvalue weighted by Crippen LogP contribution is 2.32. The lowest BCUT2D eigenvalue weighted by Gasteiger charge is -2.11. The minimum absolute atomic E-state index is 0.140. The van der Waals surface area contributed by atoms with Crippen molar-refractivity contribution >= 4 is 10.0 Å². The zero-order chi connectivity index (χ0) is 18.7. The van der Waals surface area contributed by atoms with E-state index in [1.807, 2.05) is 27.7 Å². The molecule has 138 valence electrons. The van der Waals surface area contributed by atoms with E-state index in [2.05, 4.69) is 14.9 Å². The molecular formula is C17H25N3O4S. The number of nitrogens with one attached hydrogen (secondary N) is 1. The van der Waals surface area contributed by atoms with Gasteiger partial charge in [-0.05, 0) is 24.6 Å². The van der Waals surface area contributed by atoms with Gasteiger partial charge in [0.05, 0.1) is 17.6 Å². The van der Waals surface area contributed by atoms with Crippen LogP contribution in [0.25, 0.3) is 11.4 Å². The average molecular weight is 367 g/mol. The van der Waals surface area contributed by atoms with Gasteiger partial charge in [-0.15, -0.1) is 0 Å². The Morgan fingerprint density at radius 1 is 1.28 bits per heavy atom. The number of hydrogen-bond donors (Lipinski definition) is 1. The maximum absolute atomic E-state index is 12.4.